The summed E-state index contributed by atoms with van der Waals surface area (Å²) in [5.74, 6) is 2.61. The Labute approximate surface area is 341 Å². The molecule has 5 nitrogen and oxygen atoms in total. The van der Waals surface area contributed by atoms with Crippen LogP contribution in [0.2, 0.25) is 0 Å². The zero-order valence-electron chi connectivity index (χ0n) is 31.9. The smallest absolute Gasteiger partial charge is 0.165 e. The quantitative estimate of drug-likeness (QED) is 0.163. The van der Waals surface area contributed by atoms with Crippen molar-refractivity contribution in [1.82, 2.24) is 24.5 Å². The van der Waals surface area contributed by atoms with Crippen LogP contribution in [0.3, 0.4) is 0 Å². The predicted octanol–water partition coefficient (Wildman–Crippen LogP) is 13.5. The van der Waals surface area contributed by atoms with Crippen molar-refractivity contribution in [2.75, 3.05) is 0 Å². The molecule has 0 amide bonds. The summed E-state index contributed by atoms with van der Waals surface area (Å²) in [6, 6.07) is 72.3. The second kappa shape index (κ2) is 14.5. The maximum absolute atomic E-state index is 5.16. The SMILES string of the molecule is c1ccc(-c2cc(-c3ccccc3)cc(-c3ccc4c5c6ccccc6ccc5n(-c5ccc(-c6nc(-c7ccccc7)nc(-c7ccccc7)n6)cn5)c4c3)c2)cc1. The summed E-state index contributed by atoms with van der Waals surface area (Å²) >= 11 is 0. The van der Waals surface area contributed by atoms with Gasteiger partial charge in [-0.3, -0.25) is 4.57 Å². The molecule has 5 heteroatoms. The summed E-state index contributed by atoms with van der Waals surface area (Å²) in [5.41, 5.74) is 11.8. The molecule has 0 saturated heterocycles. The van der Waals surface area contributed by atoms with Crippen LogP contribution in [0.25, 0.3) is 106 Å². The van der Waals surface area contributed by atoms with E-state index >= 15 is 0 Å². The molecule has 3 aromatic heterocycles. The Morgan fingerprint density at radius 1 is 0.305 bits per heavy atom. The maximum Gasteiger partial charge on any atom is 0.165 e. The molecular formula is C54H35N5. The Morgan fingerprint density at radius 2 is 0.797 bits per heavy atom. The minimum atomic E-state index is 0.569. The van der Waals surface area contributed by atoms with Gasteiger partial charge in [0.1, 0.15) is 5.82 Å². The van der Waals surface area contributed by atoms with Gasteiger partial charge in [-0.15, -0.1) is 0 Å². The third kappa shape index (κ3) is 6.32. The molecule has 0 radical (unpaired) electrons. The molecule has 8 aromatic carbocycles. The second-order valence-corrected chi connectivity index (χ2v) is 14.7. The summed E-state index contributed by atoms with van der Waals surface area (Å²) in [4.78, 5) is 20.0. The average molecular weight is 754 g/mol. The van der Waals surface area contributed by atoms with Crippen LogP contribution in [-0.4, -0.2) is 24.5 Å². The molecule has 59 heavy (non-hydrogen) atoms. The van der Waals surface area contributed by atoms with Crippen LogP contribution in [0, 0.1) is 0 Å². The largest absolute Gasteiger partial charge is 0.294 e. The Hall–Kier alpha value is -8.02. The fourth-order valence-corrected chi connectivity index (χ4v) is 8.19. The van der Waals surface area contributed by atoms with Crippen molar-refractivity contribution in [3.63, 3.8) is 0 Å². The van der Waals surface area contributed by atoms with Crippen LogP contribution >= 0.6 is 0 Å². The van der Waals surface area contributed by atoms with E-state index in [1.807, 2.05) is 66.9 Å². The molecule has 0 aliphatic carbocycles. The number of pyridine rings is 1. The second-order valence-electron chi connectivity index (χ2n) is 14.7. The van der Waals surface area contributed by atoms with E-state index in [2.05, 4.69) is 150 Å². The van der Waals surface area contributed by atoms with Gasteiger partial charge in [0.2, 0.25) is 0 Å². The standard InChI is InChI=1S/C54H35N5/c1-5-15-36(16-6-1)43-31-44(37-17-7-2-8-18-37)33-45(32-43)41-25-28-47-49(34-41)59(48-29-26-38-19-13-14-24-46(38)51(47)48)50-30-27-42(35-55-50)54-57-52(39-20-9-3-10-21-39)56-53(58-54)40-22-11-4-12-23-40/h1-35H. The van der Waals surface area contributed by atoms with Gasteiger partial charge < -0.3 is 0 Å². The fourth-order valence-electron chi connectivity index (χ4n) is 8.19. The van der Waals surface area contributed by atoms with Crippen molar-refractivity contribution in [3.05, 3.63) is 212 Å². The first-order valence-corrected chi connectivity index (χ1v) is 19.8. The van der Waals surface area contributed by atoms with Crippen LogP contribution in [0.15, 0.2) is 212 Å². The Kier molecular flexibility index (Phi) is 8.41. The van der Waals surface area contributed by atoms with E-state index in [4.69, 9.17) is 19.9 Å². The summed E-state index contributed by atoms with van der Waals surface area (Å²) < 4.78 is 2.29. The summed E-state index contributed by atoms with van der Waals surface area (Å²) in [7, 11) is 0. The lowest BCUT2D eigenvalue weighted by Crippen LogP contribution is -2.01. The van der Waals surface area contributed by atoms with Gasteiger partial charge in [-0.25, -0.2) is 19.9 Å². The third-order valence-corrected chi connectivity index (χ3v) is 11.1. The minimum Gasteiger partial charge on any atom is -0.294 e. The number of nitrogens with zero attached hydrogens (tertiary/aromatic N) is 5. The molecule has 3 heterocycles. The highest BCUT2D eigenvalue weighted by atomic mass is 15.1. The van der Waals surface area contributed by atoms with Crippen molar-refractivity contribution in [3.8, 4) is 73.4 Å². The van der Waals surface area contributed by atoms with Gasteiger partial charge in [0.25, 0.3) is 0 Å². The molecule has 0 fully saturated rings. The normalized spacial score (nSPS) is 11.4. The Balaban J connectivity index is 1.09. The van der Waals surface area contributed by atoms with Gasteiger partial charge >= 0.3 is 0 Å². The molecule has 0 saturated carbocycles. The van der Waals surface area contributed by atoms with E-state index in [1.54, 1.807) is 0 Å². The minimum absolute atomic E-state index is 0.569. The van der Waals surface area contributed by atoms with Gasteiger partial charge in [-0.2, -0.15) is 0 Å². The van der Waals surface area contributed by atoms with Crippen LogP contribution < -0.4 is 0 Å². The molecule has 0 atom stereocenters. The highest BCUT2D eigenvalue weighted by molar-refractivity contribution is 6.21. The summed E-state index contributed by atoms with van der Waals surface area (Å²) in [6.45, 7) is 0. The predicted molar refractivity (Wildman–Crippen MR) is 242 cm³/mol. The van der Waals surface area contributed by atoms with Gasteiger partial charge in [0.05, 0.1) is 11.0 Å². The highest BCUT2D eigenvalue weighted by Gasteiger charge is 2.19. The molecule has 0 aliphatic heterocycles. The highest BCUT2D eigenvalue weighted by Crippen LogP contribution is 2.40. The van der Waals surface area contributed by atoms with Gasteiger partial charge in [0.15, 0.2) is 17.5 Å². The number of aromatic nitrogens is 5. The van der Waals surface area contributed by atoms with E-state index in [9.17, 15) is 0 Å². The zero-order chi connectivity index (χ0) is 39.1. The van der Waals surface area contributed by atoms with Crippen molar-refractivity contribution in [1.29, 1.82) is 0 Å². The molecule has 276 valence electrons. The Bertz CT molecular complexity index is 3170. The molecule has 0 unspecified atom stereocenters. The van der Waals surface area contributed by atoms with Crippen molar-refractivity contribution in [2.45, 2.75) is 0 Å². The van der Waals surface area contributed by atoms with E-state index < -0.39 is 0 Å². The first-order valence-electron chi connectivity index (χ1n) is 19.8. The van der Waals surface area contributed by atoms with E-state index in [0.717, 1.165) is 44.7 Å². The first kappa shape index (κ1) is 34.2. The number of rotatable bonds is 7. The summed E-state index contributed by atoms with van der Waals surface area (Å²) in [6.07, 6.45) is 1.88. The number of fused-ring (bicyclic) bond motifs is 5. The number of benzene rings is 8. The van der Waals surface area contributed by atoms with Crippen molar-refractivity contribution in [2.24, 2.45) is 0 Å². The van der Waals surface area contributed by atoms with Gasteiger partial charge in [0, 0.05) is 33.7 Å². The van der Waals surface area contributed by atoms with E-state index in [0.29, 0.717) is 17.5 Å². The van der Waals surface area contributed by atoms with Crippen LogP contribution in [-0.2, 0) is 0 Å². The van der Waals surface area contributed by atoms with Gasteiger partial charge in [-0.05, 0) is 86.6 Å². The van der Waals surface area contributed by atoms with Crippen molar-refractivity contribution < 1.29 is 0 Å². The molecule has 11 aromatic rings. The van der Waals surface area contributed by atoms with E-state index in [1.165, 1.54) is 43.8 Å². The molecule has 11 rings (SSSR count). The molecule has 0 bridgehead atoms. The third-order valence-electron chi connectivity index (χ3n) is 11.1. The molecule has 0 aliphatic rings. The summed E-state index contributed by atoms with van der Waals surface area (Å²) in [5, 5.41) is 4.79. The number of hydrogen-bond acceptors (Lipinski definition) is 4. The van der Waals surface area contributed by atoms with Gasteiger partial charge in [-0.1, -0.05) is 164 Å². The van der Waals surface area contributed by atoms with Crippen LogP contribution in [0.5, 0.6) is 0 Å². The number of hydrogen-bond donors (Lipinski definition) is 0. The van der Waals surface area contributed by atoms with Crippen molar-refractivity contribution >= 4 is 32.6 Å². The lowest BCUT2D eigenvalue weighted by Gasteiger charge is -2.13. The monoisotopic (exact) mass is 753 g/mol. The van der Waals surface area contributed by atoms with Crippen LogP contribution in [0.4, 0.5) is 0 Å². The fraction of sp³-hybridized carbons (Fsp3) is 0. The maximum atomic E-state index is 5.16. The molecular weight excluding hydrogens is 719 g/mol. The lowest BCUT2D eigenvalue weighted by molar-refractivity contribution is 1.05. The first-order chi connectivity index (χ1) is 29.2. The average Bonchev–Trinajstić information content (AvgIpc) is 3.66. The molecule has 0 N–H and O–H groups in total. The van der Waals surface area contributed by atoms with E-state index in [-0.39, 0.29) is 0 Å². The topological polar surface area (TPSA) is 56.5 Å². The zero-order valence-corrected chi connectivity index (χ0v) is 31.9. The lowest BCUT2D eigenvalue weighted by atomic mass is 9.93. The Morgan fingerprint density at radius 3 is 1.36 bits per heavy atom. The molecule has 0 spiro atoms. The van der Waals surface area contributed by atoms with Crippen LogP contribution in [0.1, 0.15) is 0 Å².